The Kier molecular flexibility index (Phi) is 4.95. The number of hydrogen-bond donors (Lipinski definition) is 2. The number of rotatable bonds is 4. The van der Waals surface area contributed by atoms with E-state index >= 15 is 0 Å². The van der Waals surface area contributed by atoms with Crippen LogP contribution in [0.15, 0.2) is 15.7 Å². The van der Waals surface area contributed by atoms with Gasteiger partial charge in [0.1, 0.15) is 11.3 Å². The summed E-state index contributed by atoms with van der Waals surface area (Å²) in [5.41, 5.74) is -0.356. The molecule has 0 aromatic heterocycles. The lowest BCUT2D eigenvalue weighted by Gasteiger charge is -2.02. The Morgan fingerprint density at radius 3 is 2.47 bits per heavy atom. The summed E-state index contributed by atoms with van der Waals surface area (Å²) in [4.78, 5) is 11.1. The Morgan fingerprint density at radius 1 is 1.60 bits per heavy atom. The second-order valence-electron chi connectivity index (χ2n) is 2.47. The number of hydrogen-bond acceptors (Lipinski definition) is 5. The second-order valence-corrected chi connectivity index (χ2v) is 3.71. The first-order valence-electron chi connectivity index (χ1n) is 3.93. The topological polar surface area (TPSA) is 119 Å². The largest absolute Gasteiger partial charge is 0.512 e. The van der Waals surface area contributed by atoms with Crippen molar-refractivity contribution in [2.45, 2.75) is 13.8 Å². The summed E-state index contributed by atoms with van der Waals surface area (Å²) in [5, 5.41) is 13.6. The lowest BCUT2D eigenvalue weighted by atomic mass is 10.2. The molecule has 86 valence electrons. The highest BCUT2D eigenvalue weighted by atomic mass is 32.2. The molecule has 0 rings (SSSR count). The van der Waals surface area contributed by atoms with Gasteiger partial charge in [-0.3, -0.25) is 0 Å². The molecule has 0 aliphatic rings. The molecule has 8 heteroatoms. The van der Waals surface area contributed by atoms with Gasteiger partial charge in [0.15, 0.2) is 0 Å². The molecule has 15 heavy (non-hydrogen) atoms. The van der Waals surface area contributed by atoms with Crippen molar-refractivity contribution in [2.24, 2.45) is 9.54 Å². The molecule has 0 heterocycles. The first kappa shape index (κ1) is 13.6. The zero-order valence-corrected chi connectivity index (χ0v) is 9.11. The average Bonchev–Trinajstić information content (AvgIpc) is 2.01. The molecule has 0 aliphatic heterocycles. The molecule has 0 aromatic rings. The van der Waals surface area contributed by atoms with Gasteiger partial charge in [-0.15, -0.1) is 0 Å². The van der Waals surface area contributed by atoms with Crippen LogP contribution >= 0.6 is 0 Å². The van der Waals surface area contributed by atoms with Crippen LogP contribution in [0.1, 0.15) is 13.8 Å². The number of nitrogens with zero attached hydrogens (tertiary/aromatic N) is 1. The molecule has 0 saturated heterocycles. The summed E-state index contributed by atoms with van der Waals surface area (Å²) < 4.78 is 28.4. The van der Waals surface area contributed by atoms with Gasteiger partial charge in [0.05, 0.1) is 12.8 Å². The van der Waals surface area contributed by atoms with E-state index < -0.39 is 21.9 Å². The SMILES string of the molecule is CCOC(=O)C(C=NS(N)(=O)=O)=C(C)O. The quantitative estimate of drug-likeness (QED) is 0.299. The number of carbonyl (C=O) groups excluding carboxylic acids is 1. The van der Waals surface area contributed by atoms with Crippen LogP contribution in [0.2, 0.25) is 0 Å². The second kappa shape index (κ2) is 5.47. The molecule has 7 nitrogen and oxygen atoms in total. The van der Waals surface area contributed by atoms with Crippen LogP contribution < -0.4 is 5.14 Å². The molecule has 0 bridgehead atoms. The van der Waals surface area contributed by atoms with Gasteiger partial charge in [0, 0.05) is 0 Å². The van der Waals surface area contributed by atoms with Crippen molar-refractivity contribution in [3.8, 4) is 0 Å². The van der Waals surface area contributed by atoms with Gasteiger partial charge in [-0.2, -0.15) is 12.8 Å². The number of aliphatic hydroxyl groups excluding tert-OH is 1. The van der Waals surface area contributed by atoms with E-state index in [1.807, 2.05) is 0 Å². The fourth-order valence-corrected chi connectivity index (χ4v) is 0.881. The van der Waals surface area contributed by atoms with Gasteiger partial charge in [0.25, 0.3) is 0 Å². The van der Waals surface area contributed by atoms with Crippen LogP contribution in [-0.2, 0) is 19.7 Å². The molecule has 0 fully saturated rings. The first-order valence-corrected chi connectivity index (χ1v) is 5.43. The van der Waals surface area contributed by atoms with Gasteiger partial charge < -0.3 is 9.84 Å². The van der Waals surface area contributed by atoms with Crippen LogP contribution in [0.3, 0.4) is 0 Å². The zero-order chi connectivity index (χ0) is 12.1. The third-order valence-corrected chi connectivity index (χ3v) is 1.61. The van der Waals surface area contributed by atoms with E-state index in [2.05, 4.69) is 14.3 Å². The number of carbonyl (C=O) groups is 1. The molecular formula is C7H12N2O5S. The van der Waals surface area contributed by atoms with Crippen molar-refractivity contribution in [2.75, 3.05) is 6.61 Å². The lowest BCUT2D eigenvalue weighted by molar-refractivity contribution is -0.138. The van der Waals surface area contributed by atoms with Crippen LogP contribution in [0, 0.1) is 0 Å². The minimum Gasteiger partial charge on any atom is -0.512 e. The monoisotopic (exact) mass is 236 g/mol. The minimum absolute atomic E-state index is 0.0961. The zero-order valence-electron chi connectivity index (χ0n) is 8.30. The average molecular weight is 236 g/mol. The molecule has 3 N–H and O–H groups in total. The number of esters is 1. The number of nitrogens with two attached hydrogens (primary N) is 1. The van der Waals surface area contributed by atoms with E-state index in [0.717, 1.165) is 0 Å². The van der Waals surface area contributed by atoms with E-state index in [-0.39, 0.29) is 12.2 Å². The van der Waals surface area contributed by atoms with Gasteiger partial charge in [-0.05, 0) is 13.8 Å². The van der Waals surface area contributed by atoms with Gasteiger partial charge in [-0.25, -0.2) is 9.93 Å². The number of aliphatic hydroxyl groups is 1. The van der Waals surface area contributed by atoms with Crippen molar-refractivity contribution in [3.63, 3.8) is 0 Å². The molecule has 0 aromatic carbocycles. The fraction of sp³-hybridized carbons (Fsp3) is 0.429. The van der Waals surface area contributed by atoms with Crippen LogP contribution in [0.5, 0.6) is 0 Å². The predicted molar refractivity (Wildman–Crippen MR) is 53.6 cm³/mol. The summed E-state index contributed by atoms with van der Waals surface area (Å²) in [5.74, 6) is -1.27. The van der Waals surface area contributed by atoms with Crippen LogP contribution in [-0.4, -0.2) is 32.3 Å². The standard InChI is InChI=1S/C7H12N2O5S/c1-3-14-7(11)6(5(2)10)4-9-15(8,12)13/h4,10H,3H2,1-2H3,(H2,8,12,13). The third kappa shape index (κ3) is 5.81. The van der Waals surface area contributed by atoms with Crippen molar-refractivity contribution in [1.82, 2.24) is 0 Å². The number of ether oxygens (including phenoxy) is 1. The molecule has 0 aliphatic carbocycles. The van der Waals surface area contributed by atoms with Crippen molar-refractivity contribution in [3.05, 3.63) is 11.3 Å². The Morgan fingerprint density at radius 2 is 2.13 bits per heavy atom. The van der Waals surface area contributed by atoms with Gasteiger partial charge >= 0.3 is 16.2 Å². The van der Waals surface area contributed by atoms with E-state index in [1.54, 1.807) is 6.92 Å². The normalized spacial score (nSPS) is 13.8. The Hall–Kier alpha value is -1.41. The fourth-order valence-electron chi connectivity index (χ4n) is 0.629. The Balaban J connectivity index is 4.98. The van der Waals surface area contributed by atoms with Crippen molar-refractivity contribution >= 4 is 22.4 Å². The summed E-state index contributed by atoms with van der Waals surface area (Å²) in [7, 11) is -4.08. The van der Waals surface area contributed by atoms with E-state index in [4.69, 9.17) is 5.11 Å². The molecule has 0 atom stereocenters. The summed E-state index contributed by atoms with van der Waals surface area (Å²) >= 11 is 0. The van der Waals surface area contributed by atoms with E-state index in [9.17, 15) is 13.2 Å². The van der Waals surface area contributed by atoms with E-state index in [0.29, 0.717) is 6.21 Å². The maximum absolute atomic E-state index is 11.1. The molecule has 0 saturated carbocycles. The number of allylic oxidation sites excluding steroid dienone is 1. The smallest absolute Gasteiger partial charge is 0.343 e. The van der Waals surface area contributed by atoms with Crippen molar-refractivity contribution < 1.29 is 23.1 Å². The van der Waals surface area contributed by atoms with E-state index in [1.165, 1.54) is 6.92 Å². The van der Waals surface area contributed by atoms with Gasteiger partial charge in [0.2, 0.25) is 0 Å². The highest BCUT2D eigenvalue weighted by molar-refractivity contribution is 7.87. The Bertz CT molecular complexity index is 392. The minimum atomic E-state index is -4.08. The molecular weight excluding hydrogens is 224 g/mol. The summed E-state index contributed by atoms with van der Waals surface area (Å²) in [6.45, 7) is 2.86. The highest BCUT2D eigenvalue weighted by Gasteiger charge is 2.12. The summed E-state index contributed by atoms with van der Waals surface area (Å²) in [6, 6.07) is 0. The third-order valence-electron chi connectivity index (χ3n) is 1.21. The first-order chi connectivity index (χ1) is 6.78. The Labute approximate surface area is 87.4 Å². The summed E-state index contributed by atoms with van der Waals surface area (Å²) in [6.07, 6.45) is 0.642. The highest BCUT2D eigenvalue weighted by Crippen LogP contribution is 2.01. The molecule has 0 spiro atoms. The van der Waals surface area contributed by atoms with Crippen LogP contribution in [0.25, 0.3) is 0 Å². The predicted octanol–water partition coefficient (Wildman–Crippen LogP) is -0.344. The maximum Gasteiger partial charge on any atom is 0.343 e. The molecule has 0 radical (unpaired) electrons. The van der Waals surface area contributed by atoms with Crippen LogP contribution in [0.4, 0.5) is 0 Å². The lowest BCUT2D eigenvalue weighted by Crippen LogP contribution is -2.13. The van der Waals surface area contributed by atoms with Crippen molar-refractivity contribution in [1.29, 1.82) is 0 Å². The molecule has 0 amide bonds. The maximum atomic E-state index is 11.1. The van der Waals surface area contributed by atoms with Gasteiger partial charge in [-0.1, -0.05) is 0 Å². The molecule has 0 unspecified atom stereocenters.